The van der Waals surface area contributed by atoms with Crippen LogP contribution in [0, 0.1) is 11.8 Å². The number of phenols is 4. The second kappa shape index (κ2) is 13.8. The van der Waals surface area contributed by atoms with E-state index in [9.17, 15) is 60.0 Å². The van der Waals surface area contributed by atoms with Gasteiger partial charge in [-0.1, -0.05) is 36.4 Å². The molecule has 0 aromatic heterocycles. The predicted octanol–water partition coefficient (Wildman–Crippen LogP) is 1.82. The first-order valence-electron chi connectivity index (χ1n) is 16.6. The first-order chi connectivity index (χ1) is 25.5. The largest absolute Gasteiger partial charge is 0.509 e. The molecule has 0 unspecified atom stereocenters. The van der Waals surface area contributed by atoms with E-state index >= 15 is 0 Å². The predicted molar refractivity (Wildman–Crippen MR) is 184 cm³/mol. The topological polar surface area (TPSA) is 270 Å². The molecule has 7 atom stereocenters. The van der Waals surface area contributed by atoms with Gasteiger partial charge in [0.15, 0.2) is 51.8 Å². The van der Waals surface area contributed by atoms with E-state index in [1.165, 1.54) is 19.2 Å². The highest BCUT2D eigenvalue weighted by Crippen LogP contribution is 2.64. The van der Waals surface area contributed by atoms with Crippen molar-refractivity contribution in [2.24, 2.45) is 11.8 Å². The number of aliphatic hydroxyl groups excluding tert-OH is 1. The number of likely N-dealkylation sites (N-methyl/N-ethyl adjacent to an activating group) is 1. The number of Topliss-reactive ketones (excluding diaryl/α,β-unsaturated/α-hetero) is 1. The maximum atomic E-state index is 13.9. The molecule has 4 aliphatic rings. The summed E-state index contributed by atoms with van der Waals surface area (Å²) in [6, 6.07) is 14.8. The third-order valence-electron chi connectivity index (χ3n) is 10.5. The molecule has 2 aliphatic carbocycles. The molecule has 1 saturated heterocycles. The van der Waals surface area contributed by atoms with E-state index in [4.69, 9.17) is 14.2 Å². The molecule has 3 aromatic carbocycles. The van der Waals surface area contributed by atoms with Crippen LogP contribution >= 0.6 is 0 Å². The van der Waals surface area contributed by atoms with Gasteiger partial charge in [-0.05, 0) is 67.1 Å². The summed E-state index contributed by atoms with van der Waals surface area (Å²) in [7, 11) is 1.27. The lowest BCUT2D eigenvalue weighted by atomic mass is 9.49. The number of fused-ring (bicyclic) bond motifs is 1. The number of hydrogen-bond donors (Lipinski definition) is 9. The zero-order valence-electron chi connectivity index (χ0n) is 28.6. The van der Waals surface area contributed by atoms with Gasteiger partial charge < -0.3 is 55.1 Å². The van der Waals surface area contributed by atoms with E-state index in [2.05, 4.69) is 5.32 Å². The third-order valence-corrected chi connectivity index (χ3v) is 10.5. The summed E-state index contributed by atoms with van der Waals surface area (Å²) < 4.78 is 18.2. The summed E-state index contributed by atoms with van der Waals surface area (Å²) in [5, 5.41) is 89.1. The van der Waals surface area contributed by atoms with Gasteiger partial charge in [0.25, 0.3) is 0 Å². The first kappa shape index (κ1) is 37.8. The standard InChI is InChI=1S/C38H37NO15/c1-39-38(51)23-16-30(45)36(52-18-23)19-35(50,34(48)49)24(13-20-5-3-2-4-6-20)33(53-32(47)17-27(42)22-9-11-26(41)29(44)15-22)37(36,38)54-31(46)12-8-21-7-10-25(40)28(43)14-21/h2-12,14-16,23-24,33,39-41,43-45,50-51H,13,17-19H2,1H3,(H,48,49)/t23-,24-,33-,35-,36-,37-,38+/m1/s1. The number of carboxylic acids is 1. The summed E-state index contributed by atoms with van der Waals surface area (Å²) in [5.74, 6) is -11.3. The van der Waals surface area contributed by atoms with Crippen LogP contribution in [-0.4, -0.2) is 107 Å². The average Bonchev–Trinajstić information content (AvgIpc) is 3.13. The molecule has 0 radical (unpaired) electrons. The van der Waals surface area contributed by atoms with Gasteiger partial charge in [-0.15, -0.1) is 0 Å². The van der Waals surface area contributed by atoms with Gasteiger partial charge in [0.2, 0.25) is 5.60 Å². The van der Waals surface area contributed by atoms with Crippen LogP contribution in [0.3, 0.4) is 0 Å². The van der Waals surface area contributed by atoms with Crippen molar-refractivity contribution in [1.29, 1.82) is 0 Å². The molecule has 1 spiro atoms. The van der Waals surface area contributed by atoms with Crippen molar-refractivity contribution >= 4 is 29.8 Å². The van der Waals surface area contributed by atoms with Crippen molar-refractivity contribution in [2.45, 2.75) is 47.9 Å². The van der Waals surface area contributed by atoms with Crippen molar-refractivity contribution in [2.75, 3.05) is 13.7 Å². The van der Waals surface area contributed by atoms with Gasteiger partial charge in [-0.25, -0.2) is 9.59 Å². The van der Waals surface area contributed by atoms with Crippen molar-refractivity contribution in [3.63, 3.8) is 0 Å². The number of carbonyl (C=O) groups is 4. The van der Waals surface area contributed by atoms with Crippen molar-refractivity contribution in [3.8, 4) is 23.0 Å². The number of carboxylic acid groups (broad SMARTS) is 1. The number of aromatic hydroxyl groups is 4. The highest BCUT2D eigenvalue weighted by atomic mass is 16.6. The minimum absolute atomic E-state index is 0.204. The number of hydrogen-bond acceptors (Lipinski definition) is 15. The van der Waals surface area contributed by atoms with E-state index < -0.39 is 112 Å². The Hall–Kier alpha value is -5.94. The number of benzene rings is 3. The molecule has 2 fully saturated rings. The Morgan fingerprint density at radius 2 is 1.57 bits per heavy atom. The van der Waals surface area contributed by atoms with Gasteiger partial charge in [0.1, 0.15) is 12.2 Å². The van der Waals surface area contributed by atoms with Gasteiger partial charge in [-0.3, -0.25) is 14.9 Å². The Balaban J connectivity index is 1.53. The Kier molecular flexibility index (Phi) is 9.66. The highest BCUT2D eigenvalue weighted by Gasteiger charge is 2.85. The molecule has 284 valence electrons. The lowest BCUT2D eigenvalue weighted by molar-refractivity contribution is -0.387. The van der Waals surface area contributed by atoms with Crippen LogP contribution in [0.15, 0.2) is 84.6 Å². The minimum Gasteiger partial charge on any atom is -0.509 e. The van der Waals surface area contributed by atoms with E-state index in [0.717, 1.165) is 42.5 Å². The molecule has 16 heteroatoms. The summed E-state index contributed by atoms with van der Waals surface area (Å²) in [6.45, 7) is -0.397. The Morgan fingerprint density at radius 1 is 0.907 bits per heavy atom. The highest BCUT2D eigenvalue weighted by molar-refractivity contribution is 6.06. The molecular weight excluding hydrogens is 710 g/mol. The molecule has 0 amide bonds. The fourth-order valence-electron chi connectivity index (χ4n) is 7.81. The summed E-state index contributed by atoms with van der Waals surface area (Å²) in [6.07, 6.45) is -1.49. The number of ether oxygens (including phenoxy) is 3. The van der Waals surface area contributed by atoms with Crippen LogP contribution in [0.4, 0.5) is 0 Å². The van der Waals surface area contributed by atoms with Gasteiger partial charge in [0, 0.05) is 24.0 Å². The number of esters is 2. The summed E-state index contributed by atoms with van der Waals surface area (Å²) in [4.78, 5) is 54.2. The minimum atomic E-state index is -2.93. The molecule has 2 aliphatic heterocycles. The Labute approximate surface area is 306 Å². The van der Waals surface area contributed by atoms with E-state index in [0.29, 0.717) is 5.56 Å². The molecule has 3 aromatic rings. The first-order valence-corrected chi connectivity index (χ1v) is 16.6. The van der Waals surface area contributed by atoms with Crippen LogP contribution in [0.25, 0.3) is 6.08 Å². The van der Waals surface area contributed by atoms with Gasteiger partial charge in [0.05, 0.1) is 12.5 Å². The van der Waals surface area contributed by atoms with Gasteiger partial charge in [-0.2, -0.15) is 0 Å². The van der Waals surface area contributed by atoms with Crippen LogP contribution < -0.4 is 5.32 Å². The molecule has 2 bridgehead atoms. The molecule has 2 heterocycles. The molecular formula is C38H37NO15. The van der Waals surface area contributed by atoms with Crippen molar-refractivity contribution in [3.05, 3.63) is 101 Å². The smallest absolute Gasteiger partial charge is 0.336 e. The number of aliphatic hydroxyl groups is 3. The SMILES string of the molecule is CN[C@]1(O)[C@@H]2C=C(O)[C@@]3(C[C@](O)(C(=O)O)[C@H](Cc4ccccc4)[C@@H](OC(=O)CC(=O)c4ccc(O)c(O)c4)[C@@]31OC(=O)C=Cc1ccc(O)c(O)c1)OC2. The van der Waals surface area contributed by atoms with E-state index in [-0.39, 0.29) is 17.5 Å². The maximum Gasteiger partial charge on any atom is 0.336 e. The van der Waals surface area contributed by atoms with Crippen LogP contribution in [-0.2, 0) is 35.0 Å². The van der Waals surface area contributed by atoms with E-state index in [1.54, 1.807) is 30.3 Å². The molecule has 7 rings (SSSR count). The van der Waals surface area contributed by atoms with Crippen LogP contribution in [0.1, 0.15) is 34.3 Å². The lowest BCUT2D eigenvalue weighted by Gasteiger charge is -2.69. The maximum absolute atomic E-state index is 13.9. The number of ketones is 1. The fraction of sp³-hybridized carbons (Fsp3) is 0.316. The number of nitrogens with one attached hydrogen (secondary N) is 1. The second-order valence-electron chi connectivity index (χ2n) is 13.5. The molecule has 1 saturated carbocycles. The quantitative estimate of drug-likeness (QED) is 0.0338. The molecule has 16 nitrogen and oxygen atoms in total. The zero-order valence-corrected chi connectivity index (χ0v) is 28.6. The third kappa shape index (κ3) is 5.98. The summed E-state index contributed by atoms with van der Waals surface area (Å²) in [5.41, 5.74) is -10.4. The number of rotatable bonds is 11. The lowest BCUT2D eigenvalue weighted by Crippen LogP contribution is -2.90. The van der Waals surface area contributed by atoms with Crippen molar-refractivity contribution < 1.29 is 74.2 Å². The average molecular weight is 748 g/mol. The van der Waals surface area contributed by atoms with Gasteiger partial charge >= 0.3 is 17.9 Å². The number of carbonyl (C=O) groups excluding carboxylic acids is 3. The Bertz CT molecular complexity index is 2070. The number of aliphatic carboxylic acids is 1. The number of phenolic OH excluding ortho intramolecular Hbond substituents is 4. The second-order valence-corrected chi connectivity index (χ2v) is 13.5. The molecule has 54 heavy (non-hydrogen) atoms. The van der Waals surface area contributed by atoms with E-state index in [1.807, 2.05) is 0 Å². The Morgan fingerprint density at radius 3 is 2.19 bits per heavy atom. The van der Waals surface area contributed by atoms with Crippen LogP contribution in [0.2, 0.25) is 0 Å². The van der Waals surface area contributed by atoms with Crippen LogP contribution in [0.5, 0.6) is 23.0 Å². The molecule has 9 N–H and O–H groups in total. The normalized spacial score (nSPS) is 29.9. The zero-order chi connectivity index (χ0) is 39.2. The van der Waals surface area contributed by atoms with Crippen molar-refractivity contribution in [1.82, 2.24) is 5.32 Å². The fourth-order valence-corrected chi connectivity index (χ4v) is 7.81. The monoisotopic (exact) mass is 747 g/mol. The summed E-state index contributed by atoms with van der Waals surface area (Å²) >= 11 is 0.